The fourth-order valence-corrected chi connectivity index (χ4v) is 4.56. The van der Waals surface area contributed by atoms with Crippen molar-refractivity contribution in [3.63, 3.8) is 0 Å². The molecule has 2 aromatic carbocycles. The molecule has 0 radical (unpaired) electrons. The normalized spacial score (nSPS) is 16.0. The van der Waals surface area contributed by atoms with Crippen LogP contribution in [0.3, 0.4) is 0 Å². The summed E-state index contributed by atoms with van der Waals surface area (Å²) in [6.07, 6.45) is 1.63. The van der Waals surface area contributed by atoms with Crippen LogP contribution < -0.4 is 15.5 Å². The van der Waals surface area contributed by atoms with Gasteiger partial charge in [-0.3, -0.25) is 4.79 Å². The maximum atomic E-state index is 12.9. The SMILES string of the molecule is O=C(NCCc1ccccc1Cl)c1c(Cl)ccc2nc(N3CC[C@H](NCCO)C3)ccc12. The minimum atomic E-state index is -0.225. The number of nitrogens with zero attached hydrogens (tertiary/aromatic N) is 2. The molecule has 0 spiro atoms. The zero-order valence-corrected chi connectivity index (χ0v) is 19.2. The van der Waals surface area contributed by atoms with E-state index in [2.05, 4.69) is 15.5 Å². The van der Waals surface area contributed by atoms with E-state index in [1.165, 1.54) is 0 Å². The van der Waals surface area contributed by atoms with E-state index in [0.717, 1.165) is 41.8 Å². The number of nitrogens with one attached hydrogen (secondary N) is 2. The summed E-state index contributed by atoms with van der Waals surface area (Å²) in [5.74, 6) is 0.648. The number of carbonyl (C=O) groups is 1. The van der Waals surface area contributed by atoms with Gasteiger partial charge in [-0.25, -0.2) is 4.98 Å². The van der Waals surface area contributed by atoms with Gasteiger partial charge in [-0.15, -0.1) is 0 Å². The molecule has 0 saturated carbocycles. The van der Waals surface area contributed by atoms with Gasteiger partial charge in [-0.05, 0) is 48.7 Å². The number of rotatable bonds is 8. The average molecular weight is 473 g/mol. The summed E-state index contributed by atoms with van der Waals surface area (Å²) in [5.41, 5.74) is 2.16. The molecule has 168 valence electrons. The van der Waals surface area contributed by atoms with Crippen molar-refractivity contribution in [3.05, 3.63) is 69.7 Å². The molecular formula is C24H26Cl2N4O2. The molecule has 1 aliphatic rings. The molecule has 1 fully saturated rings. The first kappa shape index (κ1) is 22.8. The van der Waals surface area contributed by atoms with Crippen molar-refractivity contribution in [2.24, 2.45) is 0 Å². The van der Waals surface area contributed by atoms with Gasteiger partial charge in [0, 0.05) is 42.6 Å². The summed E-state index contributed by atoms with van der Waals surface area (Å²) < 4.78 is 0. The Balaban J connectivity index is 1.48. The summed E-state index contributed by atoms with van der Waals surface area (Å²) in [5, 5.41) is 17.1. The van der Waals surface area contributed by atoms with Crippen LogP contribution in [0.5, 0.6) is 0 Å². The van der Waals surface area contributed by atoms with Gasteiger partial charge in [0.15, 0.2) is 0 Å². The number of aliphatic hydroxyl groups is 1. The number of hydrogen-bond acceptors (Lipinski definition) is 5. The van der Waals surface area contributed by atoms with Crippen LogP contribution >= 0.6 is 23.2 Å². The smallest absolute Gasteiger partial charge is 0.253 e. The largest absolute Gasteiger partial charge is 0.395 e. The van der Waals surface area contributed by atoms with E-state index < -0.39 is 0 Å². The Bertz CT molecular complexity index is 1110. The molecule has 32 heavy (non-hydrogen) atoms. The first-order valence-corrected chi connectivity index (χ1v) is 11.5. The molecule has 1 aliphatic heterocycles. The monoisotopic (exact) mass is 472 g/mol. The lowest BCUT2D eigenvalue weighted by molar-refractivity contribution is 0.0956. The number of aromatic nitrogens is 1. The Kier molecular flexibility index (Phi) is 7.48. The summed E-state index contributed by atoms with van der Waals surface area (Å²) in [7, 11) is 0. The third kappa shape index (κ3) is 5.15. The van der Waals surface area contributed by atoms with Gasteiger partial charge in [-0.1, -0.05) is 41.4 Å². The Morgan fingerprint density at radius 3 is 2.75 bits per heavy atom. The second-order valence-corrected chi connectivity index (χ2v) is 8.68. The minimum Gasteiger partial charge on any atom is -0.395 e. The van der Waals surface area contributed by atoms with E-state index in [9.17, 15) is 4.79 Å². The van der Waals surface area contributed by atoms with Crippen LogP contribution in [0, 0.1) is 0 Å². The predicted octanol–water partition coefficient (Wildman–Crippen LogP) is 3.67. The fraction of sp³-hybridized carbons (Fsp3) is 0.333. The van der Waals surface area contributed by atoms with E-state index in [4.69, 9.17) is 33.3 Å². The van der Waals surface area contributed by atoms with E-state index in [1.807, 2.05) is 42.5 Å². The van der Waals surface area contributed by atoms with Crippen molar-refractivity contribution in [3.8, 4) is 0 Å². The molecule has 1 amide bonds. The second kappa shape index (κ2) is 10.5. The molecule has 2 heterocycles. The lowest BCUT2D eigenvalue weighted by Crippen LogP contribution is -2.34. The van der Waals surface area contributed by atoms with Crippen molar-refractivity contribution in [2.75, 3.05) is 37.7 Å². The summed E-state index contributed by atoms with van der Waals surface area (Å²) in [6.45, 7) is 2.91. The molecule has 0 bridgehead atoms. The molecular weight excluding hydrogens is 447 g/mol. The predicted molar refractivity (Wildman–Crippen MR) is 130 cm³/mol. The molecule has 0 unspecified atom stereocenters. The number of fused-ring (bicyclic) bond motifs is 1. The second-order valence-electron chi connectivity index (χ2n) is 7.87. The van der Waals surface area contributed by atoms with Gasteiger partial charge in [0.25, 0.3) is 5.91 Å². The number of hydrogen-bond donors (Lipinski definition) is 3. The van der Waals surface area contributed by atoms with Crippen LogP contribution in [-0.2, 0) is 6.42 Å². The topological polar surface area (TPSA) is 77.5 Å². The van der Waals surface area contributed by atoms with E-state index in [-0.39, 0.29) is 12.5 Å². The number of anilines is 1. The highest BCUT2D eigenvalue weighted by Crippen LogP contribution is 2.28. The molecule has 4 rings (SSSR count). The minimum absolute atomic E-state index is 0.134. The van der Waals surface area contributed by atoms with Crippen LogP contribution in [0.2, 0.25) is 10.0 Å². The lowest BCUT2D eigenvalue weighted by atomic mass is 10.1. The maximum absolute atomic E-state index is 12.9. The molecule has 1 saturated heterocycles. The number of pyridine rings is 1. The third-order valence-corrected chi connectivity index (χ3v) is 6.41. The number of halogens is 2. The number of benzene rings is 2. The zero-order valence-electron chi connectivity index (χ0n) is 17.7. The summed E-state index contributed by atoms with van der Waals surface area (Å²) >= 11 is 12.6. The quantitative estimate of drug-likeness (QED) is 0.466. The Morgan fingerprint density at radius 2 is 1.94 bits per heavy atom. The molecule has 8 heteroatoms. The van der Waals surface area contributed by atoms with Gasteiger partial charge < -0.3 is 20.6 Å². The lowest BCUT2D eigenvalue weighted by Gasteiger charge is -2.19. The van der Waals surface area contributed by atoms with Crippen molar-refractivity contribution in [1.82, 2.24) is 15.6 Å². The molecule has 1 atom stereocenters. The zero-order chi connectivity index (χ0) is 22.5. The van der Waals surface area contributed by atoms with Crippen LogP contribution in [0.25, 0.3) is 10.9 Å². The van der Waals surface area contributed by atoms with E-state index in [0.29, 0.717) is 41.2 Å². The van der Waals surface area contributed by atoms with Gasteiger partial charge in [-0.2, -0.15) is 0 Å². The Morgan fingerprint density at radius 1 is 1.09 bits per heavy atom. The van der Waals surface area contributed by atoms with Gasteiger partial charge in [0.1, 0.15) is 5.82 Å². The van der Waals surface area contributed by atoms with Gasteiger partial charge in [0.05, 0.1) is 22.7 Å². The fourth-order valence-electron chi connectivity index (χ4n) is 4.08. The van der Waals surface area contributed by atoms with Crippen molar-refractivity contribution < 1.29 is 9.90 Å². The van der Waals surface area contributed by atoms with Crippen molar-refractivity contribution in [1.29, 1.82) is 0 Å². The average Bonchev–Trinajstić information content (AvgIpc) is 3.27. The number of amides is 1. The highest BCUT2D eigenvalue weighted by molar-refractivity contribution is 6.35. The van der Waals surface area contributed by atoms with Gasteiger partial charge >= 0.3 is 0 Å². The number of carbonyl (C=O) groups excluding carboxylic acids is 1. The molecule has 3 N–H and O–H groups in total. The Hall–Kier alpha value is -2.38. The summed E-state index contributed by atoms with van der Waals surface area (Å²) in [4.78, 5) is 19.9. The van der Waals surface area contributed by atoms with E-state index >= 15 is 0 Å². The third-order valence-electron chi connectivity index (χ3n) is 5.73. The summed E-state index contributed by atoms with van der Waals surface area (Å²) in [6, 6.07) is 15.4. The van der Waals surface area contributed by atoms with Gasteiger partial charge in [0.2, 0.25) is 0 Å². The van der Waals surface area contributed by atoms with Crippen molar-refractivity contribution >= 4 is 45.8 Å². The standard InChI is InChI=1S/C24H26Cl2N4O2/c25-19-4-2-1-3-16(19)9-11-28-24(32)23-18-5-8-22(29-21(18)7-6-20(23)26)30-13-10-17(15-30)27-12-14-31/h1-8,17,27,31H,9-15H2,(H,28,32)/t17-/m0/s1. The Labute approximate surface area is 197 Å². The van der Waals surface area contributed by atoms with Crippen molar-refractivity contribution in [2.45, 2.75) is 18.9 Å². The first-order chi connectivity index (χ1) is 15.6. The maximum Gasteiger partial charge on any atom is 0.253 e. The van der Waals surface area contributed by atoms with Crippen LogP contribution in [0.15, 0.2) is 48.5 Å². The molecule has 1 aromatic heterocycles. The van der Waals surface area contributed by atoms with Crippen LogP contribution in [-0.4, -0.2) is 54.8 Å². The molecule has 3 aromatic rings. The highest BCUT2D eigenvalue weighted by atomic mass is 35.5. The highest BCUT2D eigenvalue weighted by Gasteiger charge is 2.23. The first-order valence-electron chi connectivity index (χ1n) is 10.8. The van der Waals surface area contributed by atoms with E-state index in [1.54, 1.807) is 6.07 Å². The number of aliphatic hydroxyl groups excluding tert-OH is 1. The molecule has 0 aliphatic carbocycles. The van der Waals surface area contributed by atoms with Crippen LogP contribution in [0.4, 0.5) is 5.82 Å². The molecule has 6 nitrogen and oxygen atoms in total. The van der Waals surface area contributed by atoms with Crippen LogP contribution in [0.1, 0.15) is 22.3 Å².